The van der Waals surface area contributed by atoms with Gasteiger partial charge in [0, 0.05) is 12.0 Å². The zero-order chi connectivity index (χ0) is 15.3. The molecular formula is C12H12N2O5S. The van der Waals surface area contributed by atoms with Crippen molar-refractivity contribution in [3.8, 4) is 12.3 Å². The van der Waals surface area contributed by atoms with Crippen molar-refractivity contribution in [1.29, 1.82) is 0 Å². The highest BCUT2D eigenvalue weighted by Crippen LogP contribution is 2.11. The molecule has 1 unspecified atom stereocenters. The van der Waals surface area contributed by atoms with Gasteiger partial charge < -0.3 is 10.8 Å². The number of sulfonamides is 1. The normalized spacial score (nSPS) is 12.3. The molecule has 0 heterocycles. The molecule has 0 saturated heterocycles. The third-order valence-corrected chi connectivity index (χ3v) is 3.85. The number of benzene rings is 1. The van der Waals surface area contributed by atoms with E-state index in [0.29, 0.717) is 0 Å². The van der Waals surface area contributed by atoms with E-state index in [0.717, 1.165) is 12.1 Å². The summed E-state index contributed by atoms with van der Waals surface area (Å²) in [7, 11) is -4.05. The fraction of sp³-hybridized carbons (Fsp3) is 0.167. The third kappa shape index (κ3) is 3.81. The van der Waals surface area contributed by atoms with Crippen LogP contribution in [0, 0.1) is 12.3 Å². The average Bonchev–Trinajstić information content (AvgIpc) is 2.38. The number of aliphatic carboxylic acids is 1. The van der Waals surface area contributed by atoms with Crippen LogP contribution in [-0.2, 0) is 14.8 Å². The number of hydrogen-bond acceptors (Lipinski definition) is 4. The summed E-state index contributed by atoms with van der Waals surface area (Å²) in [5.41, 5.74) is 5.17. The molecule has 20 heavy (non-hydrogen) atoms. The predicted octanol–water partition coefficient (Wildman–Crippen LogP) is -0.460. The minimum absolute atomic E-state index is 0.141. The zero-order valence-electron chi connectivity index (χ0n) is 10.2. The predicted molar refractivity (Wildman–Crippen MR) is 70.2 cm³/mol. The number of carboxylic acid groups (broad SMARTS) is 1. The molecule has 0 radical (unpaired) electrons. The van der Waals surface area contributed by atoms with E-state index in [1.807, 2.05) is 4.72 Å². The van der Waals surface area contributed by atoms with Crippen LogP contribution >= 0.6 is 0 Å². The van der Waals surface area contributed by atoms with Crippen molar-refractivity contribution in [2.45, 2.75) is 17.4 Å². The van der Waals surface area contributed by atoms with E-state index in [1.54, 1.807) is 0 Å². The minimum Gasteiger partial charge on any atom is -0.480 e. The number of primary amides is 1. The number of amides is 1. The highest BCUT2D eigenvalue weighted by Gasteiger charge is 2.24. The maximum absolute atomic E-state index is 11.9. The fourth-order valence-corrected chi connectivity index (χ4v) is 2.54. The summed E-state index contributed by atoms with van der Waals surface area (Å²) in [6, 6.07) is 3.34. The van der Waals surface area contributed by atoms with Gasteiger partial charge in [-0.1, -0.05) is 0 Å². The van der Waals surface area contributed by atoms with Crippen LogP contribution in [0.25, 0.3) is 0 Å². The number of carbonyl (C=O) groups is 2. The molecule has 0 saturated carbocycles. The average molecular weight is 296 g/mol. The maximum Gasteiger partial charge on any atom is 0.322 e. The Bertz CT molecular complexity index is 658. The van der Waals surface area contributed by atoms with Crippen LogP contribution < -0.4 is 10.5 Å². The number of rotatable bonds is 6. The SMILES string of the molecule is C#CCC(NS(=O)(=O)c1ccc(C(N)=O)cc1)C(=O)O. The van der Waals surface area contributed by atoms with Crippen molar-refractivity contribution in [2.75, 3.05) is 0 Å². The molecule has 0 bridgehead atoms. The Kier molecular flexibility index (Phi) is 4.85. The number of carboxylic acids is 1. The van der Waals surface area contributed by atoms with E-state index in [-0.39, 0.29) is 16.9 Å². The molecule has 106 valence electrons. The van der Waals surface area contributed by atoms with Gasteiger partial charge in [0.05, 0.1) is 4.90 Å². The molecule has 8 heteroatoms. The summed E-state index contributed by atoms with van der Waals surface area (Å²) in [4.78, 5) is 21.5. The lowest BCUT2D eigenvalue weighted by atomic mass is 10.2. The Labute approximate surface area is 115 Å². The molecule has 1 rings (SSSR count). The van der Waals surface area contributed by atoms with Crippen molar-refractivity contribution in [3.05, 3.63) is 29.8 Å². The maximum atomic E-state index is 11.9. The molecule has 4 N–H and O–H groups in total. The van der Waals surface area contributed by atoms with Crippen LogP contribution in [-0.4, -0.2) is 31.4 Å². The van der Waals surface area contributed by atoms with E-state index >= 15 is 0 Å². The molecule has 7 nitrogen and oxygen atoms in total. The smallest absolute Gasteiger partial charge is 0.322 e. The molecule has 0 aliphatic heterocycles. The van der Waals surface area contributed by atoms with Crippen molar-refractivity contribution < 1.29 is 23.1 Å². The van der Waals surface area contributed by atoms with E-state index in [1.165, 1.54) is 12.1 Å². The Hall–Kier alpha value is -2.37. The number of carbonyl (C=O) groups excluding carboxylic acids is 1. The first-order valence-corrected chi connectivity index (χ1v) is 6.84. The molecule has 0 aliphatic carbocycles. The molecule has 1 atom stereocenters. The van der Waals surface area contributed by atoms with E-state index in [2.05, 4.69) is 5.92 Å². The van der Waals surface area contributed by atoms with Gasteiger partial charge in [-0.3, -0.25) is 9.59 Å². The highest BCUT2D eigenvalue weighted by atomic mass is 32.2. The molecule has 1 aromatic rings. The van der Waals surface area contributed by atoms with Crippen molar-refractivity contribution in [3.63, 3.8) is 0 Å². The van der Waals surface area contributed by atoms with Gasteiger partial charge in [0.1, 0.15) is 6.04 Å². The van der Waals surface area contributed by atoms with Crippen LogP contribution in [0.2, 0.25) is 0 Å². The summed E-state index contributed by atoms with van der Waals surface area (Å²) in [5, 5.41) is 8.85. The molecule has 1 aromatic carbocycles. The quantitative estimate of drug-likeness (QED) is 0.612. The van der Waals surface area contributed by atoms with Gasteiger partial charge in [-0.05, 0) is 24.3 Å². The minimum atomic E-state index is -4.05. The number of terminal acetylenes is 1. The van der Waals surface area contributed by atoms with Crippen LogP contribution in [0.15, 0.2) is 29.2 Å². The number of hydrogen-bond donors (Lipinski definition) is 3. The third-order valence-electron chi connectivity index (χ3n) is 2.37. The van der Waals surface area contributed by atoms with Gasteiger partial charge in [0.2, 0.25) is 15.9 Å². The van der Waals surface area contributed by atoms with Gasteiger partial charge >= 0.3 is 5.97 Å². The Morgan fingerprint density at radius 2 is 1.90 bits per heavy atom. The van der Waals surface area contributed by atoms with Gasteiger partial charge in [-0.25, -0.2) is 8.42 Å². The lowest BCUT2D eigenvalue weighted by Crippen LogP contribution is -2.40. The second-order valence-corrected chi connectivity index (χ2v) is 5.52. The number of nitrogens with two attached hydrogens (primary N) is 1. The second-order valence-electron chi connectivity index (χ2n) is 3.81. The highest BCUT2D eigenvalue weighted by molar-refractivity contribution is 7.89. The molecule has 1 amide bonds. The van der Waals surface area contributed by atoms with Crippen molar-refractivity contribution in [1.82, 2.24) is 4.72 Å². The summed E-state index contributed by atoms with van der Waals surface area (Å²) in [6.45, 7) is 0. The van der Waals surface area contributed by atoms with E-state index < -0.39 is 27.9 Å². The van der Waals surface area contributed by atoms with E-state index in [4.69, 9.17) is 17.3 Å². The van der Waals surface area contributed by atoms with Crippen molar-refractivity contribution in [2.24, 2.45) is 5.73 Å². The Morgan fingerprint density at radius 3 is 2.30 bits per heavy atom. The second kappa shape index (κ2) is 6.18. The Balaban J connectivity index is 3.01. The van der Waals surface area contributed by atoms with Gasteiger partial charge in [-0.2, -0.15) is 4.72 Å². The van der Waals surface area contributed by atoms with Gasteiger partial charge in [-0.15, -0.1) is 12.3 Å². The topological polar surface area (TPSA) is 127 Å². The fourth-order valence-electron chi connectivity index (χ4n) is 1.35. The van der Waals surface area contributed by atoms with Crippen LogP contribution in [0.4, 0.5) is 0 Å². The molecular weight excluding hydrogens is 284 g/mol. The molecule has 0 aliphatic rings. The summed E-state index contributed by atoms with van der Waals surface area (Å²) in [5.74, 6) is 0.00690. The van der Waals surface area contributed by atoms with E-state index in [9.17, 15) is 18.0 Å². The van der Waals surface area contributed by atoms with Gasteiger partial charge in [0.25, 0.3) is 0 Å². The summed E-state index contributed by atoms with van der Waals surface area (Å²) in [6.07, 6.45) is 4.69. The first kappa shape index (κ1) is 15.7. The number of nitrogens with one attached hydrogen (secondary N) is 1. The lowest BCUT2D eigenvalue weighted by molar-refractivity contribution is -0.138. The monoisotopic (exact) mass is 296 g/mol. The zero-order valence-corrected chi connectivity index (χ0v) is 11.1. The Morgan fingerprint density at radius 1 is 1.35 bits per heavy atom. The first-order valence-electron chi connectivity index (χ1n) is 5.36. The van der Waals surface area contributed by atoms with Crippen LogP contribution in [0.3, 0.4) is 0 Å². The first-order chi connectivity index (χ1) is 9.27. The van der Waals surface area contributed by atoms with Crippen molar-refractivity contribution >= 4 is 21.9 Å². The largest absolute Gasteiger partial charge is 0.480 e. The van der Waals surface area contributed by atoms with Crippen LogP contribution in [0.1, 0.15) is 16.8 Å². The van der Waals surface area contributed by atoms with Gasteiger partial charge in [0.15, 0.2) is 0 Å². The standard InChI is InChI=1S/C12H12N2O5S/c1-2-3-10(12(16)17)14-20(18,19)9-6-4-8(5-7-9)11(13)15/h1,4-7,10,14H,3H2,(H2,13,15)(H,16,17). The summed E-state index contributed by atoms with van der Waals surface area (Å²) < 4.78 is 25.9. The lowest BCUT2D eigenvalue weighted by Gasteiger charge is -2.12. The molecule has 0 spiro atoms. The molecule has 0 fully saturated rings. The summed E-state index contributed by atoms with van der Waals surface area (Å²) >= 11 is 0. The van der Waals surface area contributed by atoms with Crippen LogP contribution in [0.5, 0.6) is 0 Å². The molecule has 0 aromatic heterocycles.